The first-order valence-corrected chi connectivity index (χ1v) is 11.5. The number of benzene rings is 1. The summed E-state index contributed by atoms with van der Waals surface area (Å²) in [6, 6.07) is 0.617. The summed E-state index contributed by atoms with van der Waals surface area (Å²) in [5, 5.41) is 0. The maximum Gasteiger partial charge on any atom is 0.383 e. The van der Waals surface area contributed by atoms with Gasteiger partial charge in [-0.05, 0) is 68.4 Å². The van der Waals surface area contributed by atoms with Crippen LogP contribution < -0.4 is 0 Å². The second kappa shape index (κ2) is 10.4. The molecule has 2 aliphatic carbocycles. The van der Waals surface area contributed by atoms with Crippen molar-refractivity contribution >= 4 is 0 Å². The average molecular weight is 433 g/mol. The van der Waals surface area contributed by atoms with Gasteiger partial charge >= 0.3 is 6.11 Å². The fourth-order valence-corrected chi connectivity index (χ4v) is 5.31. The van der Waals surface area contributed by atoms with Gasteiger partial charge in [-0.3, -0.25) is 0 Å². The van der Waals surface area contributed by atoms with Crippen LogP contribution in [0, 0.1) is 35.2 Å². The topological polar surface area (TPSA) is 9.23 Å². The highest BCUT2D eigenvalue weighted by Gasteiger charge is 2.40. The lowest BCUT2D eigenvalue weighted by Crippen LogP contribution is -2.32. The lowest BCUT2D eigenvalue weighted by Gasteiger charge is -2.38. The molecule has 0 radical (unpaired) electrons. The van der Waals surface area contributed by atoms with E-state index in [2.05, 4.69) is 6.92 Å². The maximum atomic E-state index is 14.4. The van der Waals surface area contributed by atoms with Crippen molar-refractivity contribution in [2.75, 3.05) is 0 Å². The summed E-state index contributed by atoms with van der Waals surface area (Å²) >= 11 is 0. The summed E-state index contributed by atoms with van der Waals surface area (Å²) in [6.07, 6.45) is 8.48. The van der Waals surface area contributed by atoms with Crippen LogP contribution in [0.5, 0.6) is 0 Å². The monoisotopic (exact) mass is 432 g/mol. The zero-order chi connectivity index (χ0) is 21.7. The Morgan fingerprint density at radius 2 is 1.37 bits per heavy atom. The van der Waals surface area contributed by atoms with Gasteiger partial charge in [0.25, 0.3) is 0 Å². The molecule has 0 unspecified atom stereocenters. The number of unbranched alkanes of at least 4 members (excludes halogenated alkanes) is 2. The molecular weight excluding hydrogens is 399 g/mol. The molecule has 0 amide bonds. The molecule has 0 atom stereocenters. The average Bonchev–Trinajstić information content (AvgIpc) is 2.73. The van der Waals surface area contributed by atoms with Gasteiger partial charge in [0.1, 0.15) is 0 Å². The van der Waals surface area contributed by atoms with E-state index in [1.54, 1.807) is 0 Å². The summed E-state index contributed by atoms with van der Waals surface area (Å²) in [5.41, 5.74) is -0.984. The predicted octanol–water partition coefficient (Wildman–Crippen LogP) is 8.12. The Kier molecular flexibility index (Phi) is 8.17. The predicted molar refractivity (Wildman–Crippen MR) is 107 cm³/mol. The largest absolute Gasteiger partial charge is 0.383 e. The molecule has 0 aliphatic heterocycles. The molecular formula is C24H33F5O. The molecule has 1 aromatic rings. The first-order chi connectivity index (χ1) is 14.3. The van der Waals surface area contributed by atoms with Crippen LogP contribution in [0.2, 0.25) is 0 Å². The zero-order valence-electron chi connectivity index (χ0n) is 17.7. The minimum Gasteiger partial charge on any atom is -0.313 e. The van der Waals surface area contributed by atoms with E-state index >= 15 is 0 Å². The highest BCUT2D eigenvalue weighted by molar-refractivity contribution is 5.22. The fraction of sp³-hybridized carbons (Fsp3) is 0.750. The minimum atomic E-state index is -3.84. The van der Waals surface area contributed by atoms with Crippen molar-refractivity contribution in [1.82, 2.24) is 0 Å². The highest BCUT2D eigenvalue weighted by atomic mass is 19.3. The van der Waals surface area contributed by atoms with E-state index < -0.39 is 35.2 Å². The lowest BCUT2D eigenvalue weighted by molar-refractivity contribution is -0.278. The third kappa shape index (κ3) is 5.95. The van der Waals surface area contributed by atoms with Crippen LogP contribution in [0.4, 0.5) is 22.0 Å². The van der Waals surface area contributed by atoms with Gasteiger partial charge in [0.05, 0.1) is 11.7 Å². The van der Waals surface area contributed by atoms with Crippen LogP contribution in [0.15, 0.2) is 12.1 Å². The molecule has 2 saturated carbocycles. The van der Waals surface area contributed by atoms with Gasteiger partial charge in [0.15, 0.2) is 17.5 Å². The Labute approximate surface area is 176 Å². The molecule has 0 saturated heterocycles. The molecule has 0 N–H and O–H groups in total. The van der Waals surface area contributed by atoms with Crippen molar-refractivity contribution in [2.24, 2.45) is 17.8 Å². The standard InChI is InChI=1S/C24H33F5O/c1-2-3-4-5-16-6-8-17(9-7-16)18-10-12-20(13-11-18)30-24(28,29)19-14-21(25)23(27)22(26)15-19/h14-18,20H,2-13H2,1H3. The molecule has 0 heterocycles. The van der Waals surface area contributed by atoms with E-state index in [1.165, 1.54) is 51.4 Å². The summed E-state index contributed by atoms with van der Waals surface area (Å²) < 4.78 is 73.4. The van der Waals surface area contributed by atoms with E-state index in [1.807, 2.05) is 0 Å². The molecule has 30 heavy (non-hydrogen) atoms. The second-order valence-corrected chi connectivity index (χ2v) is 9.20. The van der Waals surface area contributed by atoms with Crippen LogP contribution in [0.1, 0.15) is 89.5 Å². The van der Waals surface area contributed by atoms with E-state index in [-0.39, 0.29) is 0 Å². The second-order valence-electron chi connectivity index (χ2n) is 9.20. The van der Waals surface area contributed by atoms with Crippen molar-refractivity contribution in [1.29, 1.82) is 0 Å². The summed E-state index contributed by atoms with van der Waals surface area (Å²) in [5.74, 6) is -2.95. The van der Waals surface area contributed by atoms with Crippen molar-refractivity contribution < 1.29 is 26.7 Å². The molecule has 0 aromatic heterocycles. The van der Waals surface area contributed by atoms with Crippen LogP contribution in [-0.4, -0.2) is 6.10 Å². The quantitative estimate of drug-likeness (QED) is 0.229. The molecule has 2 aliphatic rings. The number of alkyl halides is 2. The number of rotatable bonds is 8. The minimum absolute atomic E-state index is 0.309. The van der Waals surface area contributed by atoms with Crippen molar-refractivity contribution in [3.8, 4) is 0 Å². The maximum absolute atomic E-state index is 14.4. The van der Waals surface area contributed by atoms with E-state index in [4.69, 9.17) is 4.74 Å². The molecule has 170 valence electrons. The summed E-state index contributed by atoms with van der Waals surface area (Å²) in [7, 11) is 0. The number of hydrogen-bond acceptors (Lipinski definition) is 1. The summed E-state index contributed by atoms with van der Waals surface area (Å²) in [4.78, 5) is 0. The van der Waals surface area contributed by atoms with E-state index in [0.717, 1.165) is 18.8 Å². The van der Waals surface area contributed by atoms with Crippen LogP contribution in [-0.2, 0) is 10.8 Å². The number of ether oxygens (including phenoxy) is 1. The van der Waals surface area contributed by atoms with Gasteiger partial charge in [-0.2, -0.15) is 8.78 Å². The lowest BCUT2D eigenvalue weighted by atomic mass is 9.70. The Balaban J connectivity index is 1.45. The van der Waals surface area contributed by atoms with E-state index in [9.17, 15) is 22.0 Å². The number of halogens is 5. The molecule has 0 bridgehead atoms. The van der Waals surface area contributed by atoms with Crippen molar-refractivity contribution in [2.45, 2.75) is 96.2 Å². The van der Waals surface area contributed by atoms with Crippen LogP contribution in [0.25, 0.3) is 0 Å². The van der Waals surface area contributed by atoms with Gasteiger partial charge in [-0.1, -0.05) is 45.4 Å². The van der Waals surface area contributed by atoms with Gasteiger partial charge < -0.3 is 4.74 Å². The molecule has 6 heteroatoms. The smallest absolute Gasteiger partial charge is 0.313 e. The van der Waals surface area contributed by atoms with Gasteiger partial charge in [-0.25, -0.2) is 13.2 Å². The Morgan fingerprint density at radius 3 is 1.90 bits per heavy atom. The van der Waals surface area contributed by atoms with Gasteiger partial charge in [0, 0.05) is 0 Å². The molecule has 3 rings (SSSR count). The van der Waals surface area contributed by atoms with Crippen LogP contribution >= 0.6 is 0 Å². The first kappa shape index (κ1) is 23.5. The normalized spacial score (nSPS) is 27.9. The molecule has 0 spiro atoms. The van der Waals surface area contributed by atoms with Crippen molar-refractivity contribution in [3.05, 3.63) is 35.1 Å². The SMILES string of the molecule is CCCCCC1CCC(C2CCC(OC(F)(F)c3cc(F)c(F)c(F)c3)CC2)CC1. The Hall–Kier alpha value is -1.17. The third-order valence-corrected chi connectivity index (χ3v) is 7.13. The molecule has 2 fully saturated rings. The van der Waals surface area contributed by atoms with Crippen molar-refractivity contribution in [3.63, 3.8) is 0 Å². The Bertz CT molecular complexity index is 653. The van der Waals surface area contributed by atoms with Crippen LogP contribution in [0.3, 0.4) is 0 Å². The highest BCUT2D eigenvalue weighted by Crippen LogP contribution is 2.43. The van der Waals surface area contributed by atoms with Gasteiger partial charge in [-0.15, -0.1) is 0 Å². The molecule has 1 nitrogen and oxygen atoms in total. The first-order valence-electron chi connectivity index (χ1n) is 11.5. The fourth-order valence-electron chi connectivity index (χ4n) is 5.31. The van der Waals surface area contributed by atoms with Gasteiger partial charge in [0.2, 0.25) is 0 Å². The Morgan fingerprint density at radius 1 is 0.833 bits per heavy atom. The third-order valence-electron chi connectivity index (χ3n) is 7.13. The van der Waals surface area contributed by atoms with E-state index in [0.29, 0.717) is 36.8 Å². The zero-order valence-corrected chi connectivity index (χ0v) is 17.7. The molecule has 1 aromatic carbocycles. The summed E-state index contributed by atoms with van der Waals surface area (Å²) in [6.45, 7) is 2.23. The number of hydrogen-bond donors (Lipinski definition) is 0.